The molecule has 2 rings (SSSR count). The molecule has 2 N–H and O–H groups in total. The second-order valence-corrected chi connectivity index (χ2v) is 4.44. The summed E-state index contributed by atoms with van der Waals surface area (Å²) in [6.45, 7) is 5.28. The molecule has 0 saturated carbocycles. The van der Waals surface area contributed by atoms with Crippen LogP contribution in [0.3, 0.4) is 0 Å². The highest BCUT2D eigenvalue weighted by molar-refractivity contribution is 5.75. The number of nitrogens with one attached hydrogen (secondary N) is 1. The Morgan fingerprint density at radius 1 is 1.29 bits per heavy atom. The number of carbonyl (C=O) groups is 1. The zero-order valence-electron chi connectivity index (χ0n) is 10.0. The highest BCUT2D eigenvalue weighted by atomic mass is 16.4. The van der Waals surface area contributed by atoms with Gasteiger partial charge in [-0.1, -0.05) is 29.8 Å². The fourth-order valence-corrected chi connectivity index (χ4v) is 2.20. The first kappa shape index (κ1) is 12.1. The lowest BCUT2D eigenvalue weighted by Gasteiger charge is -2.32. The SMILES string of the molecule is Cc1ccc(C(C(=O)O)N2CCNCC2)cc1. The summed E-state index contributed by atoms with van der Waals surface area (Å²) < 4.78 is 0. The number of nitrogens with zero attached hydrogens (tertiary/aromatic N) is 1. The number of piperazine rings is 1. The molecule has 4 heteroatoms. The normalized spacial score (nSPS) is 18.9. The van der Waals surface area contributed by atoms with Crippen molar-refractivity contribution in [3.8, 4) is 0 Å². The van der Waals surface area contributed by atoms with E-state index in [1.807, 2.05) is 36.1 Å². The van der Waals surface area contributed by atoms with Crippen molar-refractivity contribution in [3.63, 3.8) is 0 Å². The van der Waals surface area contributed by atoms with Crippen LogP contribution in [0.25, 0.3) is 0 Å². The third-order valence-electron chi connectivity index (χ3n) is 3.14. The van der Waals surface area contributed by atoms with Crippen LogP contribution in [0.4, 0.5) is 0 Å². The summed E-state index contributed by atoms with van der Waals surface area (Å²) in [6.07, 6.45) is 0. The molecular weight excluding hydrogens is 216 g/mol. The average Bonchev–Trinajstić information content (AvgIpc) is 2.33. The van der Waals surface area contributed by atoms with Gasteiger partial charge in [0.15, 0.2) is 0 Å². The first-order chi connectivity index (χ1) is 8.18. The van der Waals surface area contributed by atoms with Gasteiger partial charge in [-0.05, 0) is 12.5 Å². The summed E-state index contributed by atoms with van der Waals surface area (Å²) in [5.74, 6) is -0.768. The number of rotatable bonds is 3. The van der Waals surface area contributed by atoms with Crippen molar-refractivity contribution in [3.05, 3.63) is 35.4 Å². The number of aliphatic carboxylic acids is 1. The van der Waals surface area contributed by atoms with Gasteiger partial charge in [-0.3, -0.25) is 9.69 Å². The van der Waals surface area contributed by atoms with Crippen LogP contribution in [0.15, 0.2) is 24.3 Å². The van der Waals surface area contributed by atoms with Crippen molar-refractivity contribution in [2.45, 2.75) is 13.0 Å². The highest BCUT2D eigenvalue weighted by Gasteiger charge is 2.27. The van der Waals surface area contributed by atoms with Crippen LogP contribution in [0.5, 0.6) is 0 Å². The van der Waals surface area contributed by atoms with E-state index < -0.39 is 12.0 Å². The minimum Gasteiger partial charge on any atom is -0.480 e. The third kappa shape index (κ3) is 2.84. The molecule has 0 aliphatic carbocycles. The van der Waals surface area contributed by atoms with Gasteiger partial charge in [0.2, 0.25) is 0 Å². The van der Waals surface area contributed by atoms with Gasteiger partial charge in [-0.15, -0.1) is 0 Å². The number of aryl methyl sites for hydroxylation is 1. The summed E-state index contributed by atoms with van der Waals surface area (Å²) in [5.41, 5.74) is 2.02. The van der Waals surface area contributed by atoms with E-state index in [0.717, 1.165) is 37.3 Å². The van der Waals surface area contributed by atoms with Crippen LogP contribution in [-0.2, 0) is 4.79 Å². The summed E-state index contributed by atoms with van der Waals surface area (Å²) >= 11 is 0. The Hall–Kier alpha value is -1.39. The monoisotopic (exact) mass is 234 g/mol. The van der Waals surface area contributed by atoms with E-state index >= 15 is 0 Å². The minimum absolute atomic E-state index is 0.516. The Balaban J connectivity index is 2.21. The third-order valence-corrected chi connectivity index (χ3v) is 3.14. The van der Waals surface area contributed by atoms with Crippen LogP contribution in [0.1, 0.15) is 17.2 Å². The van der Waals surface area contributed by atoms with Crippen molar-refractivity contribution in [2.24, 2.45) is 0 Å². The maximum atomic E-state index is 11.4. The van der Waals surface area contributed by atoms with E-state index in [1.165, 1.54) is 0 Å². The van der Waals surface area contributed by atoms with Gasteiger partial charge in [-0.2, -0.15) is 0 Å². The molecule has 0 radical (unpaired) electrons. The molecule has 0 bridgehead atoms. The number of carboxylic acids is 1. The fourth-order valence-electron chi connectivity index (χ4n) is 2.20. The van der Waals surface area contributed by atoms with E-state index in [1.54, 1.807) is 0 Å². The summed E-state index contributed by atoms with van der Waals surface area (Å²) in [4.78, 5) is 13.4. The first-order valence-electron chi connectivity index (χ1n) is 5.92. The summed E-state index contributed by atoms with van der Waals surface area (Å²) in [6, 6.07) is 7.24. The second-order valence-electron chi connectivity index (χ2n) is 4.44. The Kier molecular flexibility index (Phi) is 3.76. The Labute approximate surface area is 101 Å². The van der Waals surface area contributed by atoms with E-state index in [4.69, 9.17) is 0 Å². The van der Waals surface area contributed by atoms with Crippen molar-refractivity contribution < 1.29 is 9.90 Å². The van der Waals surface area contributed by atoms with Crippen molar-refractivity contribution in [2.75, 3.05) is 26.2 Å². The van der Waals surface area contributed by atoms with Gasteiger partial charge in [0.25, 0.3) is 0 Å². The molecule has 1 heterocycles. The zero-order valence-corrected chi connectivity index (χ0v) is 10.0. The van der Waals surface area contributed by atoms with Crippen LogP contribution in [0, 0.1) is 6.92 Å². The molecular formula is C13H18N2O2. The lowest BCUT2D eigenvalue weighted by molar-refractivity contribution is -0.143. The largest absolute Gasteiger partial charge is 0.480 e. The smallest absolute Gasteiger partial charge is 0.325 e. The molecule has 1 aliphatic heterocycles. The molecule has 92 valence electrons. The highest BCUT2D eigenvalue weighted by Crippen LogP contribution is 2.21. The van der Waals surface area contributed by atoms with Gasteiger partial charge in [0.1, 0.15) is 6.04 Å². The molecule has 1 atom stereocenters. The van der Waals surface area contributed by atoms with Crippen molar-refractivity contribution in [1.29, 1.82) is 0 Å². The lowest BCUT2D eigenvalue weighted by Crippen LogP contribution is -2.47. The number of hydrogen-bond acceptors (Lipinski definition) is 3. The van der Waals surface area contributed by atoms with Crippen molar-refractivity contribution >= 4 is 5.97 Å². The Bertz CT molecular complexity index is 383. The average molecular weight is 234 g/mol. The van der Waals surface area contributed by atoms with Crippen molar-refractivity contribution in [1.82, 2.24) is 10.2 Å². The van der Waals surface area contributed by atoms with Crippen LogP contribution in [-0.4, -0.2) is 42.2 Å². The predicted octanol–water partition coefficient (Wildman–Crippen LogP) is 1.03. The zero-order chi connectivity index (χ0) is 12.3. The molecule has 17 heavy (non-hydrogen) atoms. The number of benzene rings is 1. The van der Waals surface area contributed by atoms with Gasteiger partial charge < -0.3 is 10.4 Å². The molecule has 1 fully saturated rings. The van der Waals surface area contributed by atoms with Crippen LogP contribution >= 0.6 is 0 Å². The molecule has 1 unspecified atom stereocenters. The Morgan fingerprint density at radius 3 is 2.41 bits per heavy atom. The maximum Gasteiger partial charge on any atom is 0.325 e. The molecule has 1 aromatic rings. The standard InChI is InChI=1S/C13H18N2O2/c1-10-2-4-11(5-3-10)12(13(16)17)15-8-6-14-7-9-15/h2-5,12,14H,6-9H2,1H3,(H,16,17). The number of carboxylic acid groups (broad SMARTS) is 1. The minimum atomic E-state index is -0.768. The van der Waals surface area contributed by atoms with Gasteiger partial charge in [-0.25, -0.2) is 0 Å². The molecule has 4 nitrogen and oxygen atoms in total. The predicted molar refractivity (Wildman–Crippen MR) is 66.0 cm³/mol. The lowest BCUT2D eigenvalue weighted by atomic mass is 10.0. The summed E-state index contributed by atoms with van der Waals surface area (Å²) in [7, 11) is 0. The quantitative estimate of drug-likeness (QED) is 0.820. The van der Waals surface area contributed by atoms with E-state index in [-0.39, 0.29) is 0 Å². The molecule has 1 saturated heterocycles. The molecule has 0 amide bonds. The Morgan fingerprint density at radius 2 is 1.88 bits per heavy atom. The second kappa shape index (κ2) is 5.29. The van der Waals surface area contributed by atoms with E-state index in [0.29, 0.717) is 0 Å². The fraction of sp³-hybridized carbons (Fsp3) is 0.462. The van der Waals surface area contributed by atoms with E-state index in [9.17, 15) is 9.90 Å². The van der Waals surface area contributed by atoms with Gasteiger partial charge in [0.05, 0.1) is 0 Å². The molecule has 1 aliphatic rings. The maximum absolute atomic E-state index is 11.4. The summed E-state index contributed by atoms with van der Waals surface area (Å²) in [5, 5.41) is 12.6. The van der Waals surface area contributed by atoms with Gasteiger partial charge in [0, 0.05) is 26.2 Å². The first-order valence-corrected chi connectivity index (χ1v) is 5.92. The molecule has 0 aromatic heterocycles. The molecule has 0 spiro atoms. The number of hydrogen-bond donors (Lipinski definition) is 2. The van der Waals surface area contributed by atoms with Crippen LogP contribution in [0.2, 0.25) is 0 Å². The van der Waals surface area contributed by atoms with Gasteiger partial charge >= 0.3 is 5.97 Å². The van der Waals surface area contributed by atoms with E-state index in [2.05, 4.69) is 5.32 Å². The molecule has 1 aromatic carbocycles. The van der Waals surface area contributed by atoms with Crippen LogP contribution < -0.4 is 5.32 Å². The topological polar surface area (TPSA) is 52.6 Å².